The Hall–Kier alpha value is -3.79. The predicted octanol–water partition coefficient (Wildman–Crippen LogP) is 4.13. The molecule has 5 N–H and O–H groups in total. The van der Waals surface area contributed by atoms with Crippen molar-refractivity contribution in [2.45, 2.75) is 68.9 Å². The van der Waals surface area contributed by atoms with Crippen LogP contribution in [0.4, 0.5) is 22.4 Å². The average Bonchev–Trinajstić information content (AvgIpc) is 3.60. The first-order chi connectivity index (χ1) is 18.7. The minimum atomic E-state index is -0.0531. The zero-order valence-corrected chi connectivity index (χ0v) is 21.5. The molecule has 0 spiro atoms. The minimum absolute atomic E-state index is 0.0531. The number of carbonyl (C=O) groups excluding carboxylic acids is 1. The summed E-state index contributed by atoms with van der Waals surface area (Å²) in [5, 5.41) is 17.0. The van der Waals surface area contributed by atoms with Crippen molar-refractivity contribution in [3.05, 3.63) is 59.9 Å². The number of hydrogen-bond donors (Lipinski definition) is 4. The summed E-state index contributed by atoms with van der Waals surface area (Å²) in [5.74, 6) is 2.90. The first kappa shape index (κ1) is 24.5. The predicted molar refractivity (Wildman–Crippen MR) is 144 cm³/mol. The van der Waals surface area contributed by atoms with Gasteiger partial charge in [0.05, 0.1) is 18.5 Å². The highest BCUT2D eigenvalue weighted by molar-refractivity contribution is 5.87. The number of anilines is 2. The number of carbonyl (C=O) groups is 1. The SMILES string of the molecule is O=C(NC1CCC(=Nc2nc(Nc3cc(C4CCOC4)[nH]n3)cc[nH+]2)CC1)NC1CC(c2ccccc2)C1. The third kappa shape index (κ3) is 6.02. The van der Waals surface area contributed by atoms with E-state index in [4.69, 9.17) is 9.73 Å². The van der Waals surface area contributed by atoms with Crippen LogP contribution < -0.4 is 20.9 Å². The second-order valence-electron chi connectivity index (χ2n) is 10.5. The third-order valence-electron chi connectivity index (χ3n) is 7.81. The summed E-state index contributed by atoms with van der Waals surface area (Å²) in [6.07, 6.45) is 8.28. The highest BCUT2D eigenvalue weighted by Gasteiger charge is 2.32. The van der Waals surface area contributed by atoms with Crippen molar-refractivity contribution in [1.29, 1.82) is 0 Å². The maximum Gasteiger partial charge on any atom is 0.432 e. The number of rotatable bonds is 7. The first-order valence-corrected chi connectivity index (χ1v) is 13.6. The highest BCUT2D eigenvalue weighted by atomic mass is 16.5. The third-order valence-corrected chi connectivity index (χ3v) is 7.81. The fourth-order valence-corrected chi connectivity index (χ4v) is 5.53. The molecule has 198 valence electrons. The van der Waals surface area contributed by atoms with Gasteiger partial charge >= 0.3 is 12.0 Å². The van der Waals surface area contributed by atoms with Gasteiger partial charge in [0.1, 0.15) is 0 Å². The van der Waals surface area contributed by atoms with E-state index in [2.05, 4.69) is 60.4 Å². The van der Waals surface area contributed by atoms with E-state index >= 15 is 0 Å². The summed E-state index contributed by atoms with van der Waals surface area (Å²) in [6.45, 7) is 1.53. The summed E-state index contributed by atoms with van der Waals surface area (Å²) >= 11 is 0. The summed E-state index contributed by atoms with van der Waals surface area (Å²) in [7, 11) is 0. The Kier molecular flexibility index (Phi) is 7.30. The lowest BCUT2D eigenvalue weighted by molar-refractivity contribution is -0.366. The lowest BCUT2D eigenvalue weighted by Gasteiger charge is -2.36. The molecule has 1 aromatic carbocycles. The minimum Gasteiger partial charge on any atom is -0.381 e. The van der Waals surface area contributed by atoms with Gasteiger partial charge in [-0.3, -0.25) is 5.10 Å². The van der Waals surface area contributed by atoms with E-state index in [1.165, 1.54) is 5.56 Å². The molecule has 10 nitrogen and oxygen atoms in total. The fraction of sp³-hybridized carbons (Fsp3) is 0.464. The number of hydrogen-bond acceptors (Lipinski definition) is 6. The van der Waals surface area contributed by atoms with Gasteiger partial charge in [0.2, 0.25) is 5.82 Å². The smallest absolute Gasteiger partial charge is 0.381 e. The van der Waals surface area contributed by atoms with Crippen LogP contribution in [-0.2, 0) is 4.74 Å². The van der Waals surface area contributed by atoms with Gasteiger partial charge in [0, 0.05) is 55.3 Å². The van der Waals surface area contributed by atoms with Gasteiger partial charge in [-0.05, 0) is 43.6 Å². The molecule has 1 atom stereocenters. The lowest BCUT2D eigenvalue weighted by atomic mass is 9.76. The second kappa shape index (κ2) is 11.3. The van der Waals surface area contributed by atoms with Crippen LogP contribution in [0, 0.1) is 0 Å². The van der Waals surface area contributed by atoms with Crippen LogP contribution in [0.1, 0.15) is 68.0 Å². The van der Waals surface area contributed by atoms with E-state index < -0.39 is 0 Å². The molecule has 3 aromatic rings. The van der Waals surface area contributed by atoms with E-state index in [-0.39, 0.29) is 18.1 Å². The second-order valence-corrected chi connectivity index (χ2v) is 10.5. The highest BCUT2D eigenvalue weighted by Crippen LogP contribution is 2.36. The zero-order valence-electron chi connectivity index (χ0n) is 21.5. The van der Waals surface area contributed by atoms with Gasteiger partial charge in [-0.2, -0.15) is 5.10 Å². The van der Waals surface area contributed by atoms with Crippen LogP contribution in [0.25, 0.3) is 0 Å². The van der Waals surface area contributed by atoms with E-state index in [9.17, 15) is 4.79 Å². The quantitative estimate of drug-likeness (QED) is 0.376. The number of aromatic amines is 2. The standard InChI is InChI=1S/C28H34N8O2/c37-28(32-23-14-20(15-23)18-4-2-1-3-5-18)31-22-8-6-21(7-9-22)30-27-29-12-10-25(34-27)33-26-16-24(35-36-26)19-11-13-38-17-19/h1-5,10,12,16,19-20,22-23H,6-9,11,13-15,17H2,(H2,31,32,37)(H2,29,33,34,35,36)/p+1. The number of benzene rings is 1. The van der Waals surface area contributed by atoms with Crippen molar-refractivity contribution < 1.29 is 14.5 Å². The Morgan fingerprint density at radius 3 is 2.61 bits per heavy atom. The van der Waals surface area contributed by atoms with E-state index in [0.717, 1.165) is 75.4 Å². The Balaban J connectivity index is 0.950. The molecular formula is C28H35N8O2+. The molecule has 6 rings (SSSR count). The molecule has 2 aliphatic carbocycles. The average molecular weight is 516 g/mol. The Labute approximate surface area is 222 Å². The van der Waals surface area contributed by atoms with Crippen molar-refractivity contribution in [1.82, 2.24) is 25.8 Å². The van der Waals surface area contributed by atoms with Gasteiger partial charge in [0.15, 0.2) is 5.82 Å². The molecule has 0 bridgehead atoms. The van der Waals surface area contributed by atoms with Crippen molar-refractivity contribution in [3.8, 4) is 0 Å². The summed E-state index contributed by atoms with van der Waals surface area (Å²) in [4.78, 5) is 25.0. The van der Waals surface area contributed by atoms with E-state index in [1.54, 1.807) is 0 Å². The summed E-state index contributed by atoms with van der Waals surface area (Å²) in [5.41, 5.74) is 3.54. The molecule has 1 unspecified atom stereocenters. The van der Waals surface area contributed by atoms with E-state index in [1.807, 2.05) is 24.4 Å². The van der Waals surface area contributed by atoms with Crippen molar-refractivity contribution in [3.63, 3.8) is 0 Å². The van der Waals surface area contributed by atoms with Crippen molar-refractivity contribution in [2.24, 2.45) is 4.99 Å². The Bertz CT molecular complexity index is 1250. The molecule has 0 radical (unpaired) electrons. The molecule has 1 saturated heterocycles. The molecule has 2 amide bonds. The Morgan fingerprint density at radius 2 is 1.82 bits per heavy atom. The Morgan fingerprint density at radius 1 is 1.00 bits per heavy atom. The molecule has 3 fully saturated rings. The number of ether oxygens (including phenoxy) is 1. The van der Waals surface area contributed by atoms with Gasteiger partial charge in [0.25, 0.3) is 0 Å². The van der Waals surface area contributed by atoms with Crippen LogP contribution in [0.5, 0.6) is 0 Å². The van der Waals surface area contributed by atoms with Crippen LogP contribution >= 0.6 is 0 Å². The molecule has 10 heteroatoms. The molecule has 3 heterocycles. The number of urea groups is 1. The normalized spacial score (nSPS) is 24.9. The maximum atomic E-state index is 12.5. The van der Waals surface area contributed by atoms with Crippen molar-refractivity contribution in [2.75, 3.05) is 18.5 Å². The molecule has 2 aromatic heterocycles. The summed E-state index contributed by atoms with van der Waals surface area (Å²) < 4.78 is 5.47. The molecule has 3 aliphatic rings. The molecule has 2 saturated carbocycles. The number of aliphatic imine (C=N–C) groups is 1. The zero-order chi connectivity index (χ0) is 25.7. The van der Waals surface area contributed by atoms with Crippen LogP contribution in [-0.4, -0.2) is 52.2 Å². The number of H-pyrrole nitrogens is 2. The van der Waals surface area contributed by atoms with Crippen LogP contribution in [0.15, 0.2) is 53.7 Å². The van der Waals surface area contributed by atoms with Gasteiger partial charge in [-0.1, -0.05) is 40.3 Å². The van der Waals surface area contributed by atoms with E-state index in [0.29, 0.717) is 23.6 Å². The number of nitrogens with one attached hydrogen (secondary N) is 5. The first-order valence-electron chi connectivity index (χ1n) is 13.6. The molecular weight excluding hydrogens is 480 g/mol. The number of aromatic nitrogens is 4. The monoisotopic (exact) mass is 515 g/mol. The van der Waals surface area contributed by atoms with Crippen LogP contribution in [0.3, 0.4) is 0 Å². The molecule has 1 aliphatic heterocycles. The van der Waals surface area contributed by atoms with Crippen LogP contribution in [0.2, 0.25) is 0 Å². The van der Waals surface area contributed by atoms with Gasteiger partial charge < -0.3 is 20.7 Å². The topological polar surface area (TPSA) is 130 Å². The fourth-order valence-electron chi connectivity index (χ4n) is 5.53. The van der Waals surface area contributed by atoms with Crippen molar-refractivity contribution >= 4 is 29.3 Å². The number of amides is 2. The summed E-state index contributed by atoms with van der Waals surface area (Å²) in [6, 6.07) is 14.8. The van der Waals surface area contributed by atoms with Gasteiger partial charge in [-0.15, -0.1) is 0 Å². The number of nitrogens with zero attached hydrogens (tertiary/aromatic N) is 3. The molecule has 38 heavy (non-hydrogen) atoms. The van der Waals surface area contributed by atoms with Gasteiger partial charge in [-0.25, -0.2) is 9.78 Å². The lowest BCUT2D eigenvalue weighted by Crippen LogP contribution is -2.50. The maximum absolute atomic E-state index is 12.5. The largest absolute Gasteiger partial charge is 0.432 e.